The number of rotatable bonds is 4. The SMILES string of the molecule is C[C@@H]1CN(c2ccc(C#N)cc2)C(=O)CN1C(=O)CSc1ccncc1. The molecule has 0 saturated carbocycles. The van der Waals surface area contributed by atoms with Gasteiger partial charge in [-0.1, -0.05) is 0 Å². The summed E-state index contributed by atoms with van der Waals surface area (Å²) >= 11 is 1.44. The van der Waals surface area contributed by atoms with Gasteiger partial charge in [0, 0.05) is 35.6 Å². The third-order valence-corrected chi connectivity index (χ3v) is 5.22. The van der Waals surface area contributed by atoms with Gasteiger partial charge >= 0.3 is 0 Å². The van der Waals surface area contributed by atoms with Gasteiger partial charge in [-0.25, -0.2) is 0 Å². The molecule has 1 atom stereocenters. The summed E-state index contributed by atoms with van der Waals surface area (Å²) < 4.78 is 0. The maximum atomic E-state index is 12.5. The van der Waals surface area contributed by atoms with Crippen LogP contribution < -0.4 is 4.90 Å². The summed E-state index contributed by atoms with van der Waals surface area (Å²) in [4.78, 5) is 33.3. The molecule has 0 bridgehead atoms. The Hall–Kier alpha value is -2.85. The maximum Gasteiger partial charge on any atom is 0.246 e. The first-order valence-corrected chi connectivity index (χ1v) is 9.20. The van der Waals surface area contributed by atoms with Crippen molar-refractivity contribution in [3.8, 4) is 6.07 Å². The number of aromatic nitrogens is 1. The second-order valence-corrected chi connectivity index (χ2v) is 7.05. The van der Waals surface area contributed by atoms with E-state index in [0.717, 1.165) is 10.6 Å². The molecule has 7 heteroatoms. The molecule has 1 aromatic carbocycles. The quantitative estimate of drug-likeness (QED) is 0.776. The first kappa shape index (κ1) is 18.0. The molecule has 0 spiro atoms. The number of nitrogens with zero attached hydrogens (tertiary/aromatic N) is 4. The molecule has 0 aliphatic carbocycles. The zero-order valence-electron chi connectivity index (χ0n) is 14.3. The Labute approximate surface area is 156 Å². The Balaban J connectivity index is 1.63. The minimum Gasteiger partial charge on any atom is -0.328 e. The Morgan fingerprint density at radius 1 is 1.27 bits per heavy atom. The van der Waals surface area contributed by atoms with Crippen LogP contribution in [0.15, 0.2) is 53.7 Å². The number of benzene rings is 1. The number of anilines is 1. The van der Waals surface area contributed by atoms with Gasteiger partial charge in [-0.05, 0) is 43.3 Å². The normalized spacial score (nSPS) is 17.1. The molecule has 1 saturated heterocycles. The smallest absolute Gasteiger partial charge is 0.246 e. The molecule has 1 aliphatic heterocycles. The van der Waals surface area contributed by atoms with Crippen molar-refractivity contribution in [2.45, 2.75) is 17.9 Å². The van der Waals surface area contributed by atoms with Gasteiger partial charge in [0.2, 0.25) is 11.8 Å². The Morgan fingerprint density at radius 3 is 2.62 bits per heavy atom. The van der Waals surface area contributed by atoms with Crippen LogP contribution in [0.25, 0.3) is 0 Å². The fraction of sp³-hybridized carbons (Fsp3) is 0.263. The van der Waals surface area contributed by atoms with Gasteiger partial charge in [-0.2, -0.15) is 5.26 Å². The molecular formula is C19H18N4O2S. The van der Waals surface area contributed by atoms with Crippen molar-refractivity contribution in [3.63, 3.8) is 0 Å². The average Bonchev–Trinajstić information content (AvgIpc) is 2.68. The van der Waals surface area contributed by atoms with E-state index in [1.54, 1.807) is 46.5 Å². The van der Waals surface area contributed by atoms with Gasteiger partial charge in [0.05, 0.1) is 17.4 Å². The predicted molar refractivity (Wildman–Crippen MR) is 99.6 cm³/mol. The average molecular weight is 366 g/mol. The highest BCUT2D eigenvalue weighted by molar-refractivity contribution is 8.00. The summed E-state index contributed by atoms with van der Waals surface area (Å²) in [6.07, 6.45) is 3.38. The van der Waals surface area contributed by atoms with Gasteiger partial charge < -0.3 is 9.80 Å². The van der Waals surface area contributed by atoms with Gasteiger partial charge in [-0.3, -0.25) is 14.6 Å². The van der Waals surface area contributed by atoms with Crippen LogP contribution in [0.3, 0.4) is 0 Å². The lowest BCUT2D eigenvalue weighted by Gasteiger charge is -2.39. The van der Waals surface area contributed by atoms with Crippen LogP contribution in [-0.2, 0) is 9.59 Å². The van der Waals surface area contributed by atoms with E-state index in [1.807, 2.05) is 19.1 Å². The minimum absolute atomic E-state index is 0.0489. The van der Waals surface area contributed by atoms with Crippen LogP contribution in [0.4, 0.5) is 5.69 Å². The first-order valence-electron chi connectivity index (χ1n) is 8.21. The highest BCUT2D eigenvalue weighted by atomic mass is 32.2. The van der Waals surface area contributed by atoms with E-state index in [-0.39, 0.29) is 24.4 Å². The van der Waals surface area contributed by atoms with E-state index in [9.17, 15) is 9.59 Å². The number of nitriles is 1. The minimum atomic E-state index is -0.116. The van der Waals surface area contributed by atoms with Crippen LogP contribution >= 0.6 is 11.8 Å². The Morgan fingerprint density at radius 2 is 1.96 bits per heavy atom. The van der Waals surface area contributed by atoms with Gasteiger partial charge in [0.1, 0.15) is 6.54 Å². The van der Waals surface area contributed by atoms with Crippen LogP contribution in [0.2, 0.25) is 0 Å². The van der Waals surface area contributed by atoms with Crippen molar-refractivity contribution >= 4 is 29.3 Å². The summed E-state index contributed by atoms with van der Waals surface area (Å²) in [6, 6.07) is 12.6. The van der Waals surface area contributed by atoms with Crippen molar-refractivity contribution in [3.05, 3.63) is 54.4 Å². The lowest BCUT2D eigenvalue weighted by Crippen LogP contribution is -2.57. The van der Waals surface area contributed by atoms with Crippen LogP contribution in [-0.4, -0.2) is 46.6 Å². The largest absolute Gasteiger partial charge is 0.328 e. The summed E-state index contributed by atoms with van der Waals surface area (Å²) in [7, 11) is 0. The van der Waals surface area contributed by atoms with E-state index >= 15 is 0 Å². The first-order chi connectivity index (χ1) is 12.6. The number of thioether (sulfide) groups is 1. The van der Waals surface area contributed by atoms with Crippen molar-refractivity contribution in [2.24, 2.45) is 0 Å². The number of hydrogen-bond donors (Lipinski definition) is 0. The Bertz CT molecular complexity index is 833. The van der Waals surface area contributed by atoms with Gasteiger partial charge in [0.15, 0.2) is 0 Å². The molecule has 0 unspecified atom stereocenters. The number of pyridine rings is 1. The number of amides is 2. The summed E-state index contributed by atoms with van der Waals surface area (Å²) in [5.74, 6) is 0.126. The van der Waals surface area contributed by atoms with Crippen LogP contribution in [0.1, 0.15) is 12.5 Å². The number of carbonyl (C=O) groups is 2. The van der Waals surface area contributed by atoms with Crippen molar-refractivity contribution in [1.29, 1.82) is 5.26 Å². The molecule has 0 radical (unpaired) electrons. The number of piperazine rings is 1. The highest BCUT2D eigenvalue weighted by Gasteiger charge is 2.33. The summed E-state index contributed by atoms with van der Waals surface area (Å²) in [5, 5.41) is 8.88. The molecule has 0 N–H and O–H groups in total. The summed E-state index contributed by atoms with van der Waals surface area (Å²) in [5.41, 5.74) is 1.30. The van der Waals surface area contributed by atoms with Gasteiger partial charge in [-0.15, -0.1) is 11.8 Å². The molecule has 1 aromatic heterocycles. The van der Waals surface area contributed by atoms with Crippen molar-refractivity contribution in [2.75, 3.05) is 23.7 Å². The molecule has 6 nitrogen and oxygen atoms in total. The van der Waals surface area contributed by atoms with Gasteiger partial charge in [0.25, 0.3) is 0 Å². The lowest BCUT2D eigenvalue weighted by atomic mass is 10.1. The van der Waals surface area contributed by atoms with E-state index in [1.165, 1.54) is 11.8 Å². The fourth-order valence-electron chi connectivity index (χ4n) is 2.81. The molecule has 26 heavy (non-hydrogen) atoms. The van der Waals surface area contributed by atoms with Crippen LogP contribution in [0.5, 0.6) is 0 Å². The zero-order chi connectivity index (χ0) is 18.5. The molecule has 2 amide bonds. The van der Waals surface area contributed by atoms with Crippen molar-refractivity contribution < 1.29 is 9.59 Å². The molecule has 1 aliphatic rings. The van der Waals surface area contributed by atoms with Crippen molar-refractivity contribution in [1.82, 2.24) is 9.88 Å². The third-order valence-electron chi connectivity index (χ3n) is 4.23. The molecular weight excluding hydrogens is 348 g/mol. The number of hydrogen-bond acceptors (Lipinski definition) is 5. The monoisotopic (exact) mass is 366 g/mol. The van der Waals surface area contributed by atoms with E-state index < -0.39 is 0 Å². The molecule has 132 valence electrons. The fourth-order valence-corrected chi connectivity index (χ4v) is 3.58. The number of carbonyl (C=O) groups excluding carboxylic acids is 2. The maximum absolute atomic E-state index is 12.5. The zero-order valence-corrected chi connectivity index (χ0v) is 15.1. The van der Waals surface area contributed by atoms with Crippen LogP contribution in [0, 0.1) is 11.3 Å². The Kier molecular flexibility index (Phi) is 5.54. The standard InChI is InChI=1S/C19H18N4O2S/c1-14-11-23(16-4-2-15(10-20)3-5-16)18(24)12-22(14)19(25)13-26-17-6-8-21-9-7-17/h2-9,14H,11-13H2,1H3/t14-/m1/s1. The van der Waals surface area contributed by atoms with E-state index in [2.05, 4.69) is 11.1 Å². The third kappa shape index (κ3) is 4.03. The second-order valence-electron chi connectivity index (χ2n) is 6.01. The lowest BCUT2D eigenvalue weighted by molar-refractivity contribution is -0.137. The topological polar surface area (TPSA) is 77.3 Å². The molecule has 2 heterocycles. The molecule has 3 rings (SSSR count). The van der Waals surface area contributed by atoms with E-state index in [4.69, 9.17) is 5.26 Å². The van der Waals surface area contributed by atoms with E-state index in [0.29, 0.717) is 17.9 Å². The predicted octanol–water partition coefficient (Wildman–Crippen LogP) is 2.31. The highest BCUT2D eigenvalue weighted by Crippen LogP contribution is 2.22. The molecule has 2 aromatic rings. The molecule has 1 fully saturated rings. The summed E-state index contributed by atoms with van der Waals surface area (Å²) in [6.45, 7) is 2.45. The second kappa shape index (κ2) is 8.02.